The van der Waals surface area contributed by atoms with Crippen molar-refractivity contribution in [1.29, 1.82) is 0 Å². The van der Waals surface area contributed by atoms with Crippen molar-refractivity contribution in [3.63, 3.8) is 0 Å². The van der Waals surface area contributed by atoms with Crippen LogP contribution < -0.4 is 0 Å². The first-order valence-corrected chi connectivity index (χ1v) is 4.45. The third-order valence-electron chi connectivity index (χ3n) is 2.07. The van der Waals surface area contributed by atoms with Crippen molar-refractivity contribution >= 4 is 11.6 Å². The second-order valence-electron chi connectivity index (χ2n) is 2.99. The van der Waals surface area contributed by atoms with E-state index >= 15 is 0 Å². The zero-order valence-corrected chi connectivity index (χ0v) is 8.55. The number of azide groups is 2. The number of hydrogen-bond donors (Lipinski definition) is 0. The summed E-state index contributed by atoms with van der Waals surface area (Å²) in [4.78, 5) is 36.0. The highest BCUT2D eigenvalue weighted by molar-refractivity contribution is 6.24. The molecule has 86 valence electrons. The van der Waals surface area contributed by atoms with Crippen LogP contribution in [0.4, 0.5) is 0 Å². The highest BCUT2D eigenvalue weighted by atomic mass is 16.1. The molecule has 0 aromatic carbocycles. The molecule has 10 heteroatoms. The number of carbonyl (C=O) groups is 2. The van der Waals surface area contributed by atoms with Crippen molar-refractivity contribution in [1.82, 2.24) is 9.97 Å². The van der Waals surface area contributed by atoms with Gasteiger partial charge in [0.2, 0.25) is 11.6 Å². The van der Waals surface area contributed by atoms with Crippen LogP contribution in [0.25, 0.3) is 20.9 Å². The van der Waals surface area contributed by atoms with E-state index in [1.807, 2.05) is 0 Å². The van der Waals surface area contributed by atoms with Crippen LogP contribution in [0, 0.1) is 0 Å². The Balaban J connectivity index is 2.79. The molecule has 1 aliphatic carbocycles. The summed E-state index contributed by atoms with van der Waals surface area (Å²) in [5.74, 6) is -1.61. The first-order chi connectivity index (χ1) is 8.70. The van der Waals surface area contributed by atoms with Gasteiger partial charge in [0.05, 0.1) is 0 Å². The largest absolute Gasteiger partial charge is 0.287 e. The Hall–Kier alpha value is -3.22. The van der Waals surface area contributed by atoms with E-state index in [2.05, 4.69) is 30.0 Å². The zero-order chi connectivity index (χ0) is 13.1. The number of carbonyl (C=O) groups excluding carboxylic acids is 2. The maximum atomic E-state index is 11.9. The standard InChI is InChI=1S/C8H2N8O2/c9-15-13-5-6(14-16-10)8(18)4-3(7(5)17)11-1-2-12-4/h1-2H. The summed E-state index contributed by atoms with van der Waals surface area (Å²) >= 11 is 0. The highest BCUT2D eigenvalue weighted by Gasteiger charge is 2.33. The molecule has 1 aromatic heterocycles. The fourth-order valence-corrected chi connectivity index (χ4v) is 1.38. The van der Waals surface area contributed by atoms with Crippen LogP contribution in [0.15, 0.2) is 34.0 Å². The normalized spacial score (nSPS) is 13.6. The van der Waals surface area contributed by atoms with Crippen molar-refractivity contribution in [3.05, 3.63) is 56.1 Å². The number of ketones is 2. The van der Waals surface area contributed by atoms with Crippen molar-refractivity contribution in [3.8, 4) is 0 Å². The minimum absolute atomic E-state index is 0.234. The van der Waals surface area contributed by atoms with Crippen LogP contribution in [0.3, 0.4) is 0 Å². The minimum Gasteiger partial charge on any atom is -0.287 e. The Bertz CT molecular complexity index is 634. The summed E-state index contributed by atoms with van der Waals surface area (Å²) in [6.07, 6.45) is 2.44. The maximum Gasteiger partial charge on any atom is 0.216 e. The maximum absolute atomic E-state index is 11.9. The zero-order valence-electron chi connectivity index (χ0n) is 8.55. The molecular formula is C8H2N8O2. The first-order valence-electron chi connectivity index (χ1n) is 4.45. The molecule has 1 aliphatic rings. The van der Waals surface area contributed by atoms with E-state index in [1.165, 1.54) is 12.4 Å². The van der Waals surface area contributed by atoms with Gasteiger partial charge in [-0.15, -0.1) is 0 Å². The lowest BCUT2D eigenvalue weighted by Crippen LogP contribution is -2.22. The summed E-state index contributed by atoms with van der Waals surface area (Å²) in [6, 6.07) is 0. The molecule has 1 aromatic rings. The van der Waals surface area contributed by atoms with Crippen LogP contribution in [0.5, 0.6) is 0 Å². The summed E-state index contributed by atoms with van der Waals surface area (Å²) in [6.45, 7) is 0. The lowest BCUT2D eigenvalue weighted by molar-refractivity contribution is 0.0964. The van der Waals surface area contributed by atoms with Crippen LogP contribution >= 0.6 is 0 Å². The summed E-state index contributed by atoms with van der Waals surface area (Å²) in [7, 11) is 0. The molecular weight excluding hydrogens is 240 g/mol. The number of nitrogens with zero attached hydrogens (tertiary/aromatic N) is 8. The van der Waals surface area contributed by atoms with Crippen LogP contribution in [-0.2, 0) is 0 Å². The molecule has 10 nitrogen and oxygen atoms in total. The monoisotopic (exact) mass is 242 g/mol. The van der Waals surface area contributed by atoms with Gasteiger partial charge in [0.25, 0.3) is 0 Å². The van der Waals surface area contributed by atoms with Crippen molar-refractivity contribution in [2.75, 3.05) is 0 Å². The van der Waals surface area contributed by atoms with Gasteiger partial charge in [-0.3, -0.25) is 9.59 Å². The predicted molar refractivity (Wildman–Crippen MR) is 56.0 cm³/mol. The molecule has 18 heavy (non-hydrogen) atoms. The Morgan fingerprint density at radius 1 is 0.889 bits per heavy atom. The average molecular weight is 242 g/mol. The van der Waals surface area contributed by atoms with E-state index < -0.39 is 23.0 Å². The Labute approximate surface area is 98.2 Å². The van der Waals surface area contributed by atoms with E-state index in [0.717, 1.165) is 0 Å². The molecule has 0 amide bonds. The van der Waals surface area contributed by atoms with Gasteiger partial charge in [0, 0.05) is 22.2 Å². The van der Waals surface area contributed by atoms with Crippen molar-refractivity contribution < 1.29 is 9.59 Å². The predicted octanol–water partition coefficient (Wildman–Crippen LogP) is 1.69. The molecule has 0 saturated heterocycles. The lowest BCUT2D eigenvalue weighted by Gasteiger charge is -2.12. The molecule has 0 unspecified atom stereocenters. The molecule has 2 rings (SSSR count). The number of hydrogen-bond acceptors (Lipinski definition) is 6. The number of aromatic nitrogens is 2. The Morgan fingerprint density at radius 2 is 1.28 bits per heavy atom. The van der Waals surface area contributed by atoms with Gasteiger partial charge in [-0.25, -0.2) is 9.97 Å². The van der Waals surface area contributed by atoms with Crippen LogP contribution in [-0.4, -0.2) is 21.5 Å². The molecule has 0 aliphatic heterocycles. The smallest absolute Gasteiger partial charge is 0.216 e. The van der Waals surface area contributed by atoms with E-state index in [0.29, 0.717) is 0 Å². The molecule has 0 N–H and O–H groups in total. The fourth-order valence-electron chi connectivity index (χ4n) is 1.38. The van der Waals surface area contributed by atoms with Gasteiger partial charge >= 0.3 is 0 Å². The van der Waals surface area contributed by atoms with Gasteiger partial charge in [-0.1, -0.05) is 10.2 Å². The Kier molecular flexibility index (Phi) is 2.72. The van der Waals surface area contributed by atoms with E-state index in [1.54, 1.807) is 0 Å². The van der Waals surface area contributed by atoms with Crippen LogP contribution in [0.1, 0.15) is 21.0 Å². The second kappa shape index (κ2) is 4.34. The van der Waals surface area contributed by atoms with Crippen molar-refractivity contribution in [2.45, 2.75) is 0 Å². The Morgan fingerprint density at radius 3 is 1.61 bits per heavy atom. The third kappa shape index (κ3) is 1.55. The third-order valence-corrected chi connectivity index (χ3v) is 2.07. The second-order valence-corrected chi connectivity index (χ2v) is 2.99. The number of Topliss-reactive ketones (excluding diaryl/α,β-unsaturated/α-hetero) is 2. The highest BCUT2D eigenvalue weighted by Crippen LogP contribution is 2.25. The summed E-state index contributed by atoms with van der Waals surface area (Å²) in [5.41, 5.74) is 15.1. The number of allylic oxidation sites excluding steroid dienone is 2. The number of fused-ring (bicyclic) bond motifs is 1. The fraction of sp³-hybridized carbons (Fsp3) is 0. The van der Waals surface area contributed by atoms with Gasteiger partial charge in [-0.05, 0) is 11.1 Å². The lowest BCUT2D eigenvalue weighted by atomic mass is 9.99. The summed E-state index contributed by atoms with van der Waals surface area (Å²) in [5, 5.41) is 6.14. The number of rotatable bonds is 2. The van der Waals surface area contributed by atoms with Gasteiger partial charge in [0.1, 0.15) is 22.8 Å². The van der Waals surface area contributed by atoms with E-state index in [4.69, 9.17) is 11.1 Å². The summed E-state index contributed by atoms with van der Waals surface area (Å²) < 4.78 is 0. The quantitative estimate of drug-likeness (QED) is 0.438. The van der Waals surface area contributed by atoms with Gasteiger partial charge < -0.3 is 0 Å². The van der Waals surface area contributed by atoms with Gasteiger partial charge in [0.15, 0.2) is 0 Å². The topological polar surface area (TPSA) is 157 Å². The molecule has 0 radical (unpaired) electrons. The average Bonchev–Trinajstić information content (AvgIpc) is 2.40. The van der Waals surface area contributed by atoms with E-state index in [9.17, 15) is 9.59 Å². The molecule has 1 heterocycles. The molecule has 0 atom stereocenters. The van der Waals surface area contributed by atoms with E-state index in [-0.39, 0.29) is 11.4 Å². The van der Waals surface area contributed by atoms with Crippen molar-refractivity contribution in [2.24, 2.45) is 10.2 Å². The van der Waals surface area contributed by atoms with Crippen LogP contribution in [0.2, 0.25) is 0 Å². The minimum atomic E-state index is -0.808. The molecule has 0 saturated carbocycles. The molecule has 0 fully saturated rings. The SMILES string of the molecule is [N-]=[N+]=NC1=C(N=[N+]=[N-])C(=O)c2nccnc2C1=O. The first kappa shape index (κ1) is 11.3. The molecule has 0 bridgehead atoms. The van der Waals surface area contributed by atoms with Gasteiger partial charge in [-0.2, -0.15) is 0 Å². The molecule has 0 spiro atoms.